The molecule has 0 saturated carbocycles. The Morgan fingerprint density at radius 2 is 1.73 bits per heavy atom. The number of anilines is 4. The van der Waals surface area contributed by atoms with Gasteiger partial charge in [-0.05, 0) is 52.3 Å². The molecule has 0 fully saturated rings. The minimum Gasteiger partial charge on any atom is -0.339 e. The first-order valence-corrected chi connectivity index (χ1v) is 7.62. The van der Waals surface area contributed by atoms with Crippen LogP contribution in [0.15, 0.2) is 59.2 Å². The summed E-state index contributed by atoms with van der Waals surface area (Å²) in [4.78, 5) is 4.38. The summed E-state index contributed by atoms with van der Waals surface area (Å²) in [6.45, 7) is 0. The lowest BCUT2D eigenvalue weighted by Gasteiger charge is -2.08. The first-order chi connectivity index (χ1) is 10.7. The van der Waals surface area contributed by atoms with Gasteiger partial charge in [0.25, 0.3) is 0 Å². The van der Waals surface area contributed by atoms with Crippen molar-refractivity contribution in [2.24, 2.45) is 0 Å². The van der Waals surface area contributed by atoms with Crippen molar-refractivity contribution in [1.29, 1.82) is 0 Å². The van der Waals surface area contributed by atoms with Crippen LogP contribution in [-0.2, 0) is 0 Å². The highest BCUT2D eigenvalue weighted by Crippen LogP contribution is 2.24. The molecular weight excluding hydrogens is 366 g/mol. The van der Waals surface area contributed by atoms with Crippen LogP contribution in [0.25, 0.3) is 0 Å². The van der Waals surface area contributed by atoms with E-state index < -0.39 is 0 Å². The summed E-state index contributed by atoms with van der Waals surface area (Å²) in [6, 6.07) is 15.1. The van der Waals surface area contributed by atoms with Crippen molar-refractivity contribution >= 4 is 50.7 Å². The number of rotatable bonds is 4. The van der Waals surface area contributed by atoms with Gasteiger partial charge in [0.15, 0.2) is 5.82 Å². The van der Waals surface area contributed by atoms with E-state index in [0.717, 1.165) is 15.8 Å². The van der Waals surface area contributed by atoms with Crippen molar-refractivity contribution < 1.29 is 0 Å². The zero-order valence-electron chi connectivity index (χ0n) is 11.3. The Hall–Kier alpha value is -2.18. The number of benzene rings is 2. The highest BCUT2D eigenvalue weighted by atomic mass is 79.9. The van der Waals surface area contributed by atoms with Crippen molar-refractivity contribution in [3.05, 3.63) is 64.2 Å². The summed E-state index contributed by atoms with van der Waals surface area (Å²) in [6.07, 6.45) is 1.56. The standard InChI is InChI=1S/C15H11BrClN5/c16-12-3-1-2-4-13(12)20-15-21-14(9-18-22-15)19-11-7-5-10(17)6-8-11/h1-9H,(H2,19,20,21,22). The maximum atomic E-state index is 5.86. The molecular formula is C15H11BrClN5. The molecule has 0 amide bonds. The molecule has 3 rings (SSSR count). The van der Waals surface area contributed by atoms with E-state index in [9.17, 15) is 0 Å². The van der Waals surface area contributed by atoms with E-state index in [-0.39, 0.29) is 0 Å². The molecule has 1 aromatic heterocycles. The molecule has 1 heterocycles. The molecule has 3 aromatic rings. The van der Waals surface area contributed by atoms with Gasteiger partial charge in [-0.3, -0.25) is 0 Å². The van der Waals surface area contributed by atoms with Gasteiger partial charge in [0.1, 0.15) is 0 Å². The van der Waals surface area contributed by atoms with E-state index in [4.69, 9.17) is 11.6 Å². The molecule has 0 spiro atoms. The van der Waals surface area contributed by atoms with Gasteiger partial charge in [-0.15, -0.1) is 5.10 Å². The lowest BCUT2D eigenvalue weighted by Crippen LogP contribution is -2.02. The monoisotopic (exact) mass is 375 g/mol. The summed E-state index contributed by atoms with van der Waals surface area (Å²) < 4.78 is 0.926. The molecule has 2 N–H and O–H groups in total. The fourth-order valence-corrected chi connectivity index (χ4v) is 2.29. The summed E-state index contributed by atoms with van der Waals surface area (Å²) in [5, 5.41) is 14.9. The van der Waals surface area contributed by atoms with Gasteiger partial charge in [0.2, 0.25) is 5.95 Å². The fraction of sp³-hybridized carbons (Fsp3) is 0. The summed E-state index contributed by atoms with van der Waals surface area (Å²) in [5.74, 6) is 0.998. The predicted molar refractivity (Wildman–Crippen MR) is 92.0 cm³/mol. The van der Waals surface area contributed by atoms with E-state index in [1.165, 1.54) is 0 Å². The molecule has 0 radical (unpaired) electrons. The van der Waals surface area contributed by atoms with Crippen LogP contribution in [0.1, 0.15) is 0 Å². The van der Waals surface area contributed by atoms with Crippen LogP contribution in [0.5, 0.6) is 0 Å². The zero-order valence-corrected chi connectivity index (χ0v) is 13.6. The number of halogens is 2. The number of nitrogens with zero attached hydrogens (tertiary/aromatic N) is 3. The van der Waals surface area contributed by atoms with Crippen molar-refractivity contribution in [1.82, 2.24) is 15.2 Å². The molecule has 0 bridgehead atoms. The summed E-state index contributed by atoms with van der Waals surface area (Å²) >= 11 is 9.33. The van der Waals surface area contributed by atoms with Gasteiger partial charge in [-0.2, -0.15) is 10.1 Å². The maximum absolute atomic E-state index is 5.86. The quantitative estimate of drug-likeness (QED) is 0.686. The Balaban J connectivity index is 1.78. The Bertz CT molecular complexity index is 779. The van der Waals surface area contributed by atoms with Crippen molar-refractivity contribution in [3.63, 3.8) is 0 Å². The molecule has 22 heavy (non-hydrogen) atoms. The SMILES string of the molecule is Clc1ccc(Nc2cnnc(Nc3ccccc3Br)n2)cc1. The van der Waals surface area contributed by atoms with Crippen molar-refractivity contribution in [2.45, 2.75) is 0 Å². The second-order valence-corrected chi connectivity index (χ2v) is 5.69. The third-order valence-electron chi connectivity index (χ3n) is 2.80. The number of aromatic nitrogens is 3. The summed E-state index contributed by atoms with van der Waals surface area (Å²) in [7, 11) is 0. The van der Waals surface area contributed by atoms with Crippen LogP contribution in [0, 0.1) is 0 Å². The zero-order chi connectivity index (χ0) is 15.4. The fourth-order valence-electron chi connectivity index (χ4n) is 1.78. The van der Waals surface area contributed by atoms with E-state index in [0.29, 0.717) is 16.8 Å². The van der Waals surface area contributed by atoms with Gasteiger partial charge in [0, 0.05) is 15.2 Å². The molecule has 110 valence electrons. The highest BCUT2D eigenvalue weighted by Gasteiger charge is 2.04. The topological polar surface area (TPSA) is 62.7 Å². The van der Waals surface area contributed by atoms with Crippen molar-refractivity contribution in [2.75, 3.05) is 10.6 Å². The first kappa shape index (κ1) is 14.7. The van der Waals surface area contributed by atoms with E-state index in [2.05, 4.69) is 41.7 Å². The van der Waals surface area contributed by atoms with Crippen LogP contribution in [0.3, 0.4) is 0 Å². The Kier molecular flexibility index (Phi) is 4.50. The molecule has 0 unspecified atom stereocenters. The number of hydrogen-bond acceptors (Lipinski definition) is 5. The maximum Gasteiger partial charge on any atom is 0.249 e. The van der Waals surface area contributed by atoms with E-state index >= 15 is 0 Å². The summed E-state index contributed by atoms with van der Waals surface area (Å²) in [5.41, 5.74) is 1.74. The first-order valence-electron chi connectivity index (χ1n) is 6.44. The predicted octanol–water partition coefficient (Wildman–Crippen LogP) is 4.77. The minimum atomic E-state index is 0.408. The second kappa shape index (κ2) is 6.72. The van der Waals surface area contributed by atoms with Gasteiger partial charge >= 0.3 is 0 Å². The molecule has 0 aliphatic carbocycles. The Morgan fingerprint density at radius 3 is 2.50 bits per heavy atom. The van der Waals surface area contributed by atoms with Gasteiger partial charge < -0.3 is 10.6 Å². The number of nitrogens with one attached hydrogen (secondary N) is 2. The lowest BCUT2D eigenvalue weighted by molar-refractivity contribution is 0.982. The van der Waals surface area contributed by atoms with Crippen LogP contribution < -0.4 is 10.6 Å². The van der Waals surface area contributed by atoms with Crippen LogP contribution >= 0.6 is 27.5 Å². The molecule has 0 saturated heterocycles. The largest absolute Gasteiger partial charge is 0.339 e. The smallest absolute Gasteiger partial charge is 0.249 e. The second-order valence-electron chi connectivity index (χ2n) is 4.40. The average Bonchev–Trinajstić information content (AvgIpc) is 2.52. The number of hydrogen-bond donors (Lipinski definition) is 2. The number of para-hydroxylation sites is 1. The van der Waals surface area contributed by atoms with Crippen LogP contribution in [0.4, 0.5) is 23.1 Å². The van der Waals surface area contributed by atoms with Crippen molar-refractivity contribution in [3.8, 4) is 0 Å². The van der Waals surface area contributed by atoms with E-state index in [1.807, 2.05) is 36.4 Å². The van der Waals surface area contributed by atoms with Gasteiger partial charge in [-0.25, -0.2) is 0 Å². The molecule has 0 atom stereocenters. The van der Waals surface area contributed by atoms with Crippen LogP contribution in [-0.4, -0.2) is 15.2 Å². The Labute approximate surface area is 140 Å². The highest BCUT2D eigenvalue weighted by molar-refractivity contribution is 9.10. The molecule has 0 aliphatic heterocycles. The van der Waals surface area contributed by atoms with Gasteiger partial charge in [-0.1, -0.05) is 23.7 Å². The van der Waals surface area contributed by atoms with Crippen LogP contribution in [0.2, 0.25) is 5.02 Å². The molecule has 2 aromatic carbocycles. The minimum absolute atomic E-state index is 0.408. The third-order valence-corrected chi connectivity index (χ3v) is 3.74. The molecule has 7 heteroatoms. The molecule has 0 aliphatic rings. The lowest BCUT2D eigenvalue weighted by atomic mass is 10.3. The third kappa shape index (κ3) is 3.72. The van der Waals surface area contributed by atoms with E-state index in [1.54, 1.807) is 18.3 Å². The van der Waals surface area contributed by atoms with Gasteiger partial charge in [0.05, 0.1) is 11.9 Å². The molecule has 5 nitrogen and oxygen atoms in total. The Morgan fingerprint density at radius 1 is 0.955 bits per heavy atom. The normalized spacial score (nSPS) is 10.3. The average molecular weight is 377 g/mol.